The molecule has 1 aromatic carbocycles. The summed E-state index contributed by atoms with van der Waals surface area (Å²) >= 11 is 0. The molecule has 2 N–H and O–H groups in total. The molecule has 4 nitrogen and oxygen atoms in total. The van der Waals surface area contributed by atoms with Gasteiger partial charge in [0, 0.05) is 24.2 Å². The van der Waals surface area contributed by atoms with Gasteiger partial charge in [-0.2, -0.15) is 0 Å². The Kier molecular flexibility index (Phi) is 3.99. The van der Waals surface area contributed by atoms with Crippen molar-refractivity contribution in [2.45, 2.75) is 13.3 Å². The highest BCUT2D eigenvalue weighted by Gasteiger charge is 2.09. The van der Waals surface area contributed by atoms with Gasteiger partial charge < -0.3 is 15.0 Å². The molecule has 1 heterocycles. The van der Waals surface area contributed by atoms with Crippen molar-refractivity contribution in [1.29, 1.82) is 0 Å². The van der Waals surface area contributed by atoms with Crippen molar-refractivity contribution in [3.05, 3.63) is 35.8 Å². The zero-order chi connectivity index (χ0) is 13.0. The predicted octanol–water partition coefficient (Wildman–Crippen LogP) is 2.16. The summed E-state index contributed by atoms with van der Waals surface area (Å²) in [5.41, 5.74) is 3.17. The molecular weight excluding hydrogens is 226 g/mol. The minimum atomic E-state index is 0.853. The van der Waals surface area contributed by atoms with Crippen molar-refractivity contribution < 1.29 is 4.74 Å². The maximum atomic E-state index is 5.24. The van der Waals surface area contributed by atoms with Crippen molar-refractivity contribution in [2.75, 3.05) is 20.7 Å². The minimum Gasteiger partial charge on any atom is -0.497 e. The van der Waals surface area contributed by atoms with E-state index in [1.165, 1.54) is 0 Å². The molecule has 0 saturated carbocycles. The zero-order valence-electron chi connectivity index (χ0n) is 11.1. The molecule has 4 heteroatoms. The van der Waals surface area contributed by atoms with Gasteiger partial charge in [0.25, 0.3) is 0 Å². The summed E-state index contributed by atoms with van der Waals surface area (Å²) in [7, 11) is 3.62. The summed E-state index contributed by atoms with van der Waals surface area (Å²) < 4.78 is 5.24. The van der Waals surface area contributed by atoms with E-state index in [1.54, 1.807) is 7.11 Å². The number of aromatic nitrogens is 2. The Morgan fingerprint density at radius 1 is 1.39 bits per heavy atom. The van der Waals surface area contributed by atoms with Crippen LogP contribution in [0.3, 0.4) is 0 Å². The average Bonchev–Trinajstić information content (AvgIpc) is 2.77. The number of ether oxygens (including phenoxy) is 1. The van der Waals surface area contributed by atoms with Crippen LogP contribution in [0.5, 0.6) is 5.75 Å². The highest BCUT2D eigenvalue weighted by molar-refractivity contribution is 5.63. The van der Waals surface area contributed by atoms with E-state index in [4.69, 9.17) is 4.74 Å². The third-order valence-electron chi connectivity index (χ3n) is 2.89. The van der Waals surface area contributed by atoms with Crippen molar-refractivity contribution >= 4 is 0 Å². The predicted molar refractivity (Wildman–Crippen MR) is 72.9 cm³/mol. The SMILES string of the molecule is CNCCc1nc(-c2cccc(OC)c2)c(C)[nH]1. The molecule has 1 aromatic heterocycles. The molecule has 0 unspecified atom stereocenters. The maximum Gasteiger partial charge on any atom is 0.119 e. The Balaban J connectivity index is 2.29. The first-order valence-corrected chi connectivity index (χ1v) is 6.09. The fourth-order valence-electron chi connectivity index (χ4n) is 1.94. The molecule has 0 amide bonds. The first-order valence-electron chi connectivity index (χ1n) is 6.09. The van der Waals surface area contributed by atoms with Crippen LogP contribution in [0.15, 0.2) is 24.3 Å². The number of hydrogen-bond acceptors (Lipinski definition) is 3. The molecule has 18 heavy (non-hydrogen) atoms. The largest absolute Gasteiger partial charge is 0.497 e. The molecule has 0 aliphatic rings. The number of aromatic amines is 1. The number of nitrogens with zero attached hydrogens (tertiary/aromatic N) is 1. The standard InChI is InChI=1S/C14H19N3O/c1-10-14(17-13(16-10)7-8-15-2)11-5-4-6-12(9-11)18-3/h4-6,9,15H,7-8H2,1-3H3,(H,16,17). The van der Waals surface area contributed by atoms with Crippen LogP contribution in [0.4, 0.5) is 0 Å². The number of H-pyrrole nitrogens is 1. The fourth-order valence-corrected chi connectivity index (χ4v) is 1.94. The van der Waals surface area contributed by atoms with Gasteiger partial charge in [0.1, 0.15) is 11.6 Å². The van der Waals surface area contributed by atoms with Crippen LogP contribution in [0.25, 0.3) is 11.3 Å². The van der Waals surface area contributed by atoms with Crippen LogP contribution >= 0.6 is 0 Å². The van der Waals surface area contributed by atoms with Crippen LogP contribution in [-0.4, -0.2) is 30.7 Å². The molecule has 2 aromatic rings. The number of aryl methyl sites for hydroxylation is 1. The van der Waals surface area contributed by atoms with Gasteiger partial charge in [-0.1, -0.05) is 12.1 Å². The summed E-state index contributed by atoms with van der Waals surface area (Å²) in [5.74, 6) is 1.87. The number of nitrogens with one attached hydrogen (secondary N) is 2. The average molecular weight is 245 g/mol. The summed E-state index contributed by atoms with van der Waals surface area (Å²) in [6, 6.07) is 7.97. The molecule has 0 fully saturated rings. The second kappa shape index (κ2) is 5.69. The number of imidazole rings is 1. The lowest BCUT2D eigenvalue weighted by Crippen LogP contribution is -2.11. The summed E-state index contributed by atoms with van der Waals surface area (Å²) in [5, 5.41) is 3.12. The Labute approximate surface area is 107 Å². The molecule has 0 bridgehead atoms. The maximum absolute atomic E-state index is 5.24. The third kappa shape index (κ3) is 2.71. The quantitative estimate of drug-likeness (QED) is 0.848. The monoisotopic (exact) mass is 245 g/mol. The Morgan fingerprint density at radius 2 is 2.22 bits per heavy atom. The zero-order valence-corrected chi connectivity index (χ0v) is 11.1. The minimum absolute atomic E-state index is 0.853. The van der Waals surface area contributed by atoms with Crippen LogP contribution in [0.1, 0.15) is 11.5 Å². The molecule has 0 aliphatic heterocycles. The van der Waals surface area contributed by atoms with E-state index < -0.39 is 0 Å². The molecule has 96 valence electrons. The molecule has 2 rings (SSSR count). The number of hydrogen-bond donors (Lipinski definition) is 2. The highest BCUT2D eigenvalue weighted by atomic mass is 16.5. The molecule has 0 saturated heterocycles. The fraction of sp³-hybridized carbons (Fsp3) is 0.357. The first-order chi connectivity index (χ1) is 8.74. The summed E-state index contributed by atoms with van der Waals surface area (Å²) in [6.07, 6.45) is 0.904. The highest BCUT2D eigenvalue weighted by Crippen LogP contribution is 2.24. The summed E-state index contributed by atoms with van der Waals surface area (Å²) in [4.78, 5) is 7.97. The number of benzene rings is 1. The number of rotatable bonds is 5. The normalized spacial score (nSPS) is 10.6. The molecule has 0 atom stereocenters. The van der Waals surface area contributed by atoms with Crippen LogP contribution in [0.2, 0.25) is 0 Å². The van der Waals surface area contributed by atoms with Gasteiger partial charge in [-0.25, -0.2) is 4.98 Å². The van der Waals surface area contributed by atoms with Gasteiger partial charge >= 0.3 is 0 Å². The van der Waals surface area contributed by atoms with Crippen LogP contribution in [-0.2, 0) is 6.42 Å². The lowest BCUT2D eigenvalue weighted by Gasteiger charge is -2.02. The smallest absolute Gasteiger partial charge is 0.119 e. The molecular formula is C14H19N3O. The number of likely N-dealkylation sites (N-methyl/N-ethyl adjacent to an activating group) is 1. The van der Waals surface area contributed by atoms with Crippen molar-refractivity contribution in [2.24, 2.45) is 0 Å². The second-order valence-corrected chi connectivity index (χ2v) is 4.24. The lowest BCUT2D eigenvalue weighted by atomic mass is 10.1. The van der Waals surface area contributed by atoms with Crippen LogP contribution < -0.4 is 10.1 Å². The topological polar surface area (TPSA) is 49.9 Å². The van der Waals surface area contributed by atoms with E-state index in [0.717, 1.165) is 41.5 Å². The summed E-state index contributed by atoms with van der Waals surface area (Å²) in [6.45, 7) is 2.97. The van der Waals surface area contributed by atoms with Crippen molar-refractivity contribution in [3.8, 4) is 17.0 Å². The van der Waals surface area contributed by atoms with Gasteiger partial charge in [-0.15, -0.1) is 0 Å². The van der Waals surface area contributed by atoms with E-state index in [-0.39, 0.29) is 0 Å². The van der Waals surface area contributed by atoms with E-state index in [9.17, 15) is 0 Å². The van der Waals surface area contributed by atoms with E-state index >= 15 is 0 Å². The van der Waals surface area contributed by atoms with Gasteiger partial charge in [0.2, 0.25) is 0 Å². The van der Waals surface area contributed by atoms with Crippen molar-refractivity contribution in [3.63, 3.8) is 0 Å². The second-order valence-electron chi connectivity index (χ2n) is 4.24. The molecule has 0 radical (unpaired) electrons. The van der Waals surface area contributed by atoms with Crippen LogP contribution in [0, 0.1) is 6.92 Å². The van der Waals surface area contributed by atoms with Gasteiger partial charge in [0.05, 0.1) is 12.8 Å². The number of methoxy groups -OCH3 is 1. The van der Waals surface area contributed by atoms with Gasteiger partial charge in [-0.05, 0) is 26.1 Å². The lowest BCUT2D eigenvalue weighted by molar-refractivity contribution is 0.415. The Hall–Kier alpha value is -1.81. The Morgan fingerprint density at radius 3 is 2.94 bits per heavy atom. The third-order valence-corrected chi connectivity index (χ3v) is 2.89. The molecule has 0 aliphatic carbocycles. The van der Waals surface area contributed by atoms with Gasteiger partial charge in [-0.3, -0.25) is 0 Å². The van der Waals surface area contributed by atoms with E-state index in [1.807, 2.05) is 38.2 Å². The van der Waals surface area contributed by atoms with E-state index in [2.05, 4.69) is 15.3 Å². The van der Waals surface area contributed by atoms with Crippen molar-refractivity contribution in [1.82, 2.24) is 15.3 Å². The molecule has 0 spiro atoms. The van der Waals surface area contributed by atoms with Gasteiger partial charge in [0.15, 0.2) is 0 Å². The Bertz CT molecular complexity index is 520. The van der Waals surface area contributed by atoms with E-state index in [0.29, 0.717) is 0 Å². The first kappa shape index (κ1) is 12.6.